The highest BCUT2D eigenvalue weighted by Gasteiger charge is 2.21. The minimum Gasteiger partial charge on any atom is -0.493 e. The van der Waals surface area contributed by atoms with E-state index in [0.717, 1.165) is 37.4 Å². The van der Waals surface area contributed by atoms with Gasteiger partial charge in [0.2, 0.25) is 0 Å². The molecule has 1 aliphatic rings. The quantitative estimate of drug-likeness (QED) is 0.823. The van der Waals surface area contributed by atoms with E-state index in [1.165, 1.54) is 5.56 Å². The van der Waals surface area contributed by atoms with Crippen LogP contribution in [0, 0.1) is 5.41 Å². The highest BCUT2D eigenvalue weighted by molar-refractivity contribution is 5.52. The minimum atomic E-state index is -0.0461. The van der Waals surface area contributed by atoms with E-state index in [0.29, 0.717) is 0 Å². The fraction of sp³-hybridized carbons (Fsp3) is 0.571. The predicted molar refractivity (Wildman–Crippen MR) is 69.6 cm³/mol. The van der Waals surface area contributed by atoms with Crippen molar-refractivity contribution in [2.45, 2.75) is 26.7 Å². The van der Waals surface area contributed by atoms with Crippen LogP contribution in [0.25, 0.3) is 0 Å². The second kappa shape index (κ2) is 4.96. The number of fused-ring (bicyclic) bond motifs is 1. The summed E-state index contributed by atoms with van der Waals surface area (Å²) in [6.45, 7) is 6.00. The first-order valence-electron chi connectivity index (χ1n) is 6.27. The maximum Gasteiger partial charge on any atom is 0.122 e. The van der Waals surface area contributed by atoms with Gasteiger partial charge >= 0.3 is 0 Å². The van der Waals surface area contributed by atoms with Gasteiger partial charge in [-0.3, -0.25) is 0 Å². The lowest BCUT2D eigenvalue weighted by Crippen LogP contribution is -2.29. The first-order chi connectivity index (χ1) is 8.17. The van der Waals surface area contributed by atoms with Crippen molar-refractivity contribution in [1.82, 2.24) is 0 Å². The van der Waals surface area contributed by atoms with E-state index >= 15 is 0 Å². The molecule has 0 saturated carbocycles. The first-order valence-corrected chi connectivity index (χ1v) is 6.27. The van der Waals surface area contributed by atoms with Crippen LogP contribution in [0.15, 0.2) is 18.2 Å². The maximum atomic E-state index is 9.36. The van der Waals surface area contributed by atoms with Crippen molar-refractivity contribution >= 4 is 5.69 Å². The van der Waals surface area contributed by atoms with Crippen LogP contribution < -0.4 is 10.1 Å². The molecule has 94 valence electrons. The summed E-state index contributed by atoms with van der Waals surface area (Å²) in [5.74, 6) is 1.01. The number of hydrogen-bond donors (Lipinski definition) is 2. The second-order valence-corrected chi connectivity index (χ2v) is 5.10. The molecule has 0 saturated heterocycles. The van der Waals surface area contributed by atoms with Gasteiger partial charge in [-0.2, -0.15) is 0 Å². The van der Waals surface area contributed by atoms with E-state index in [9.17, 15) is 5.11 Å². The van der Waals surface area contributed by atoms with Gasteiger partial charge in [-0.15, -0.1) is 0 Å². The predicted octanol–water partition coefficient (Wildman–Crippen LogP) is 2.44. The Hall–Kier alpha value is -1.22. The molecule has 0 spiro atoms. The number of rotatable bonds is 5. The Bertz CT molecular complexity index is 386. The Morgan fingerprint density at radius 1 is 1.47 bits per heavy atom. The highest BCUT2D eigenvalue weighted by atomic mass is 16.5. The molecular weight excluding hydrogens is 214 g/mol. The molecule has 0 radical (unpaired) electrons. The fourth-order valence-corrected chi connectivity index (χ4v) is 1.90. The van der Waals surface area contributed by atoms with Crippen molar-refractivity contribution in [2.75, 3.05) is 25.1 Å². The minimum absolute atomic E-state index is 0.0461. The molecule has 1 aromatic carbocycles. The topological polar surface area (TPSA) is 41.5 Å². The van der Waals surface area contributed by atoms with Gasteiger partial charge in [-0.25, -0.2) is 0 Å². The lowest BCUT2D eigenvalue weighted by molar-refractivity contribution is 0.149. The van der Waals surface area contributed by atoms with E-state index in [2.05, 4.69) is 25.2 Å². The molecule has 0 amide bonds. The SMILES string of the molecule is CCC(C)(CO)CNc1ccc2c(c1)CCO2. The Balaban J connectivity index is 2.00. The number of aliphatic hydroxyl groups excluding tert-OH is 1. The monoisotopic (exact) mass is 235 g/mol. The van der Waals surface area contributed by atoms with E-state index in [-0.39, 0.29) is 12.0 Å². The van der Waals surface area contributed by atoms with Crippen molar-refractivity contribution in [2.24, 2.45) is 5.41 Å². The molecule has 0 bridgehead atoms. The average Bonchev–Trinajstić information content (AvgIpc) is 2.83. The molecule has 17 heavy (non-hydrogen) atoms. The van der Waals surface area contributed by atoms with Gasteiger partial charge < -0.3 is 15.2 Å². The third-order valence-electron chi connectivity index (χ3n) is 3.64. The summed E-state index contributed by atoms with van der Waals surface area (Å²) in [4.78, 5) is 0. The van der Waals surface area contributed by atoms with Gasteiger partial charge in [0.05, 0.1) is 13.2 Å². The molecule has 2 rings (SSSR count). The van der Waals surface area contributed by atoms with Gasteiger partial charge in [0, 0.05) is 24.1 Å². The van der Waals surface area contributed by atoms with Crippen LogP contribution in [0.5, 0.6) is 5.75 Å². The molecular formula is C14H21NO2. The number of aliphatic hydroxyl groups is 1. The Morgan fingerprint density at radius 2 is 2.29 bits per heavy atom. The Labute approximate surface area is 103 Å². The van der Waals surface area contributed by atoms with E-state index < -0.39 is 0 Å². The van der Waals surface area contributed by atoms with Gasteiger partial charge in [0.25, 0.3) is 0 Å². The smallest absolute Gasteiger partial charge is 0.122 e. The summed E-state index contributed by atoms with van der Waals surface area (Å²) in [6, 6.07) is 6.21. The lowest BCUT2D eigenvalue weighted by Gasteiger charge is -2.26. The molecule has 0 aromatic heterocycles. The van der Waals surface area contributed by atoms with Crippen molar-refractivity contribution < 1.29 is 9.84 Å². The van der Waals surface area contributed by atoms with Gasteiger partial charge in [0.15, 0.2) is 0 Å². The van der Waals surface area contributed by atoms with Crippen LogP contribution >= 0.6 is 0 Å². The van der Waals surface area contributed by atoms with Crippen molar-refractivity contribution in [3.8, 4) is 5.75 Å². The number of anilines is 1. The standard InChI is InChI=1S/C14H21NO2/c1-3-14(2,10-16)9-15-12-4-5-13-11(8-12)6-7-17-13/h4-5,8,15-16H,3,6-7,9-10H2,1-2H3. The van der Waals surface area contributed by atoms with E-state index in [4.69, 9.17) is 4.74 Å². The lowest BCUT2D eigenvalue weighted by atomic mass is 9.88. The number of benzene rings is 1. The third-order valence-corrected chi connectivity index (χ3v) is 3.64. The largest absolute Gasteiger partial charge is 0.493 e. The van der Waals surface area contributed by atoms with Crippen molar-refractivity contribution in [3.05, 3.63) is 23.8 Å². The van der Waals surface area contributed by atoms with Crippen molar-refractivity contribution in [1.29, 1.82) is 0 Å². The molecule has 1 aliphatic heterocycles. The summed E-state index contributed by atoms with van der Waals surface area (Å²) < 4.78 is 5.47. The van der Waals surface area contributed by atoms with Crippen LogP contribution in [-0.4, -0.2) is 24.9 Å². The molecule has 0 fully saturated rings. The first kappa shape index (κ1) is 12.2. The number of ether oxygens (including phenoxy) is 1. The van der Waals surface area contributed by atoms with E-state index in [1.807, 2.05) is 12.1 Å². The summed E-state index contributed by atoms with van der Waals surface area (Å²) in [6.07, 6.45) is 1.96. The second-order valence-electron chi connectivity index (χ2n) is 5.10. The summed E-state index contributed by atoms with van der Waals surface area (Å²) in [5, 5.41) is 12.8. The highest BCUT2D eigenvalue weighted by Crippen LogP contribution is 2.28. The molecule has 0 aliphatic carbocycles. The summed E-state index contributed by atoms with van der Waals surface area (Å²) >= 11 is 0. The zero-order chi connectivity index (χ0) is 12.3. The van der Waals surface area contributed by atoms with Crippen LogP contribution in [0.3, 0.4) is 0 Å². The van der Waals surface area contributed by atoms with Crippen molar-refractivity contribution in [3.63, 3.8) is 0 Å². The zero-order valence-electron chi connectivity index (χ0n) is 10.6. The molecule has 1 unspecified atom stereocenters. The van der Waals surface area contributed by atoms with Crippen LogP contribution in [-0.2, 0) is 6.42 Å². The van der Waals surface area contributed by atoms with Gasteiger partial charge in [0.1, 0.15) is 5.75 Å². The van der Waals surface area contributed by atoms with E-state index in [1.54, 1.807) is 0 Å². The molecule has 1 aromatic rings. The summed E-state index contributed by atoms with van der Waals surface area (Å²) in [7, 11) is 0. The zero-order valence-corrected chi connectivity index (χ0v) is 10.6. The Kier molecular flexibility index (Phi) is 3.57. The average molecular weight is 235 g/mol. The third kappa shape index (κ3) is 2.72. The number of nitrogens with one attached hydrogen (secondary N) is 1. The molecule has 2 N–H and O–H groups in total. The van der Waals surface area contributed by atoms with Crippen LogP contribution in [0.1, 0.15) is 25.8 Å². The molecule has 3 heteroatoms. The molecule has 1 heterocycles. The van der Waals surface area contributed by atoms with Gasteiger partial charge in [-0.1, -0.05) is 13.8 Å². The maximum absolute atomic E-state index is 9.36. The van der Waals surface area contributed by atoms with Crippen LogP contribution in [0.2, 0.25) is 0 Å². The summed E-state index contributed by atoms with van der Waals surface area (Å²) in [5.41, 5.74) is 2.34. The van der Waals surface area contributed by atoms with Crippen LogP contribution in [0.4, 0.5) is 5.69 Å². The number of hydrogen-bond acceptors (Lipinski definition) is 3. The normalized spacial score (nSPS) is 17.1. The molecule has 3 nitrogen and oxygen atoms in total. The van der Waals surface area contributed by atoms with Gasteiger partial charge in [-0.05, 0) is 30.2 Å². The molecule has 1 atom stereocenters. The fourth-order valence-electron chi connectivity index (χ4n) is 1.90. The Morgan fingerprint density at radius 3 is 3.00 bits per heavy atom.